The lowest BCUT2D eigenvalue weighted by Crippen LogP contribution is -2.27. The Hall–Kier alpha value is -2.36. The largest absolute Gasteiger partial charge is 0.497 e. The Bertz CT molecular complexity index is 547. The number of imide groups is 1. The molecule has 0 aliphatic heterocycles. The van der Waals surface area contributed by atoms with Crippen molar-refractivity contribution in [1.29, 1.82) is 0 Å². The molecule has 4 nitrogen and oxygen atoms in total. The van der Waals surface area contributed by atoms with Crippen molar-refractivity contribution in [2.45, 2.75) is 20.3 Å². The topological polar surface area (TPSA) is 46.6 Å². The Balaban J connectivity index is 2.49. The molecule has 0 aliphatic carbocycles. The highest BCUT2D eigenvalue weighted by molar-refractivity contribution is 5.83. The average Bonchev–Trinajstić information content (AvgIpc) is 2.47. The van der Waals surface area contributed by atoms with Crippen LogP contribution in [0.15, 0.2) is 36.4 Å². The molecule has 0 atom stereocenters. The molecule has 21 heavy (non-hydrogen) atoms. The van der Waals surface area contributed by atoms with E-state index in [0.29, 0.717) is 19.4 Å². The van der Waals surface area contributed by atoms with Crippen LogP contribution in [0.2, 0.25) is 0 Å². The number of nitrogens with zero attached hydrogens (tertiary/aromatic N) is 1. The van der Waals surface area contributed by atoms with Crippen molar-refractivity contribution in [3.63, 3.8) is 0 Å². The molecule has 4 heteroatoms. The maximum absolute atomic E-state index is 11.0. The summed E-state index contributed by atoms with van der Waals surface area (Å²) in [6.07, 6.45) is 8.99. The molecule has 0 radical (unpaired) electrons. The van der Waals surface area contributed by atoms with E-state index in [1.165, 1.54) is 6.92 Å². The molecule has 0 heterocycles. The Kier molecular flexibility index (Phi) is 6.95. The normalized spacial score (nSPS) is 11.0. The van der Waals surface area contributed by atoms with E-state index >= 15 is 0 Å². The molecule has 0 aliphatic rings. The average molecular weight is 287 g/mol. The van der Waals surface area contributed by atoms with Gasteiger partial charge in [0.25, 0.3) is 0 Å². The number of ether oxygens (including phenoxy) is 1. The van der Waals surface area contributed by atoms with E-state index in [-0.39, 0.29) is 5.91 Å². The predicted octanol–water partition coefficient (Wildman–Crippen LogP) is 2.97. The Morgan fingerprint density at radius 1 is 1.33 bits per heavy atom. The van der Waals surface area contributed by atoms with E-state index in [1.54, 1.807) is 7.11 Å². The lowest BCUT2D eigenvalue weighted by molar-refractivity contribution is -0.136. The van der Waals surface area contributed by atoms with Crippen molar-refractivity contribution in [3.05, 3.63) is 47.6 Å². The van der Waals surface area contributed by atoms with E-state index in [4.69, 9.17) is 4.74 Å². The number of allylic oxidation sites excluding steroid dienone is 2. The van der Waals surface area contributed by atoms with Crippen molar-refractivity contribution in [1.82, 2.24) is 4.90 Å². The molecule has 0 spiro atoms. The van der Waals surface area contributed by atoms with Gasteiger partial charge in [-0.1, -0.05) is 30.4 Å². The number of aryl methyl sites for hydroxylation is 1. The molecule has 1 aromatic carbocycles. The quantitative estimate of drug-likeness (QED) is 0.572. The number of benzene rings is 1. The van der Waals surface area contributed by atoms with Gasteiger partial charge in [-0.05, 0) is 36.6 Å². The van der Waals surface area contributed by atoms with E-state index in [2.05, 4.69) is 0 Å². The predicted molar refractivity (Wildman–Crippen MR) is 84.0 cm³/mol. The van der Waals surface area contributed by atoms with Gasteiger partial charge in [-0.2, -0.15) is 0 Å². The van der Waals surface area contributed by atoms with Crippen LogP contribution in [0.25, 0.3) is 6.08 Å². The van der Waals surface area contributed by atoms with Gasteiger partial charge in [0.2, 0.25) is 12.3 Å². The Morgan fingerprint density at radius 3 is 2.67 bits per heavy atom. The Labute approximate surface area is 125 Å². The second-order valence-corrected chi connectivity index (χ2v) is 4.62. The van der Waals surface area contributed by atoms with Crippen LogP contribution >= 0.6 is 0 Å². The molecular formula is C17H21NO3. The standard InChI is InChI=1S/C17H21NO3/c1-14-12-17(21-3)10-9-16(14)8-6-4-5-7-11-18(13-19)15(2)20/h4-6,8-10,12-13H,7,11H2,1-3H3/b5-4+,8-6-. The summed E-state index contributed by atoms with van der Waals surface area (Å²) in [6.45, 7) is 3.82. The number of amides is 2. The van der Waals surface area contributed by atoms with Crippen LogP contribution < -0.4 is 4.74 Å². The summed E-state index contributed by atoms with van der Waals surface area (Å²) in [4.78, 5) is 22.8. The highest BCUT2D eigenvalue weighted by Crippen LogP contribution is 2.17. The minimum Gasteiger partial charge on any atom is -0.497 e. The van der Waals surface area contributed by atoms with E-state index in [9.17, 15) is 9.59 Å². The zero-order chi connectivity index (χ0) is 15.7. The molecule has 1 aromatic rings. The first kappa shape index (κ1) is 16.7. The van der Waals surface area contributed by atoms with E-state index in [0.717, 1.165) is 21.8 Å². The minimum absolute atomic E-state index is 0.234. The summed E-state index contributed by atoms with van der Waals surface area (Å²) in [5.41, 5.74) is 2.27. The van der Waals surface area contributed by atoms with Crippen LogP contribution in [-0.4, -0.2) is 30.9 Å². The number of rotatable bonds is 7. The number of carbonyl (C=O) groups excluding carboxylic acids is 2. The van der Waals surface area contributed by atoms with Crippen molar-refractivity contribution in [2.75, 3.05) is 13.7 Å². The molecule has 0 bridgehead atoms. The van der Waals surface area contributed by atoms with Crippen LogP contribution in [0.5, 0.6) is 5.75 Å². The summed E-state index contributed by atoms with van der Waals surface area (Å²) >= 11 is 0. The van der Waals surface area contributed by atoms with Crippen LogP contribution in [-0.2, 0) is 9.59 Å². The van der Waals surface area contributed by atoms with Gasteiger partial charge >= 0.3 is 0 Å². The first-order valence-corrected chi connectivity index (χ1v) is 6.79. The summed E-state index contributed by atoms with van der Waals surface area (Å²) in [7, 11) is 1.65. The third-order valence-corrected chi connectivity index (χ3v) is 3.07. The van der Waals surface area contributed by atoms with Crippen LogP contribution in [0.3, 0.4) is 0 Å². The number of methoxy groups -OCH3 is 1. The van der Waals surface area contributed by atoms with Gasteiger partial charge in [-0.25, -0.2) is 0 Å². The van der Waals surface area contributed by atoms with Gasteiger partial charge in [0.05, 0.1) is 7.11 Å². The van der Waals surface area contributed by atoms with Gasteiger partial charge < -0.3 is 4.74 Å². The maximum atomic E-state index is 11.0. The first-order valence-electron chi connectivity index (χ1n) is 6.79. The second-order valence-electron chi connectivity index (χ2n) is 4.62. The van der Waals surface area contributed by atoms with Crippen molar-refractivity contribution < 1.29 is 14.3 Å². The van der Waals surface area contributed by atoms with Crippen molar-refractivity contribution in [2.24, 2.45) is 0 Å². The van der Waals surface area contributed by atoms with Gasteiger partial charge in [0.15, 0.2) is 0 Å². The molecule has 1 rings (SSSR count). The fourth-order valence-corrected chi connectivity index (χ4v) is 1.79. The van der Waals surface area contributed by atoms with Crippen molar-refractivity contribution >= 4 is 18.4 Å². The maximum Gasteiger partial charge on any atom is 0.225 e. The van der Waals surface area contributed by atoms with Crippen LogP contribution in [0.1, 0.15) is 24.5 Å². The molecule has 0 aromatic heterocycles. The monoisotopic (exact) mass is 287 g/mol. The molecule has 0 N–H and O–H groups in total. The molecule has 0 saturated heterocycles. The Morgan fingerprint density at radius 2 is 2.10 bits per heavy atom. The summed E-state index contributed by atoms with van der Waals surface area (Å²) in [5.74, 6) is 0.612. The summed E-state index contributed by atoms with van der Waals surface area (Å²) < 4.78 is 5.16. The number of hydrogen-bond donors (Lipinski definition) is 0. The van der Waals surface area contributed by atoms with Crippen LogP contribution in [0, 0.1) is 6.92 Å². The van der Waals surface area contributed by atoms with Gasteiger partial charge in [0.1, 0.15) is 5.75 Å². The third-order valence-electron chi connectivity index (χ3n) is 3.07. The zero-order valence-corrected chi connectivity index (χ0v) is 12.7. The fourth-order valence-electron chi connectivity index (χ4n) is 1.79. The van der Waals surface area contributed by atoms with Crippen LogP contribution in [0.4, 0.5) is 0 Å². The van der Waals surface area contributed by atoms with Gasteiger partial charge in [0, 0.05) is 13.5 Å². The molecule has 0 saturated carbocycles. The van der Waals surface area contributed by atoms with E-state index < -0.39 is 0 Å². The molecule has 112 valence electrons. The highest BCUT2D eigenvalue weighted by atomic mass is 16.5. The smallest absolute Gasteiger partial charge is 0.225 e. The third kappa shape index (κ3) is 5.65. The lowest BCUT2D eigenvalue weighted by atomic mass is 10.1. The fraction of sp³-hybridized carbons (Fsp3) is 0.294. The van der Waals surface area contributed by atoms with Gasteiger partial charge in [-0.15, -0.1) is 0 Å². The lowest BCUT2D eigenvalue weighted by Gasteiger charge is -2.10. The zero-order valence-electron chi connectivity index (χ0n) is 12.7. The SMILES string of the molecule is COc1ccc(/C=C\C=C\CCN(C=O)C(C)=O)c(C)c1. The van der Waals surface area contributed by atoms with E-state index in [1.807, 2.05) is 49.4 Å². The van der Waals surface area contributed by atoms with Crippen molar-refractivity contribution in [3.8, 4) is 5.75 Å². The molecule has 0 fully saturated rings. The van der Waals surface area contributed by atoms with Gasteiger partial charge in [-0.3, -0.25) is 14.5 Å². The second kappa shape index (κ2) is 8.74. The minimum atomic E-state index is -0.234. The number of carbonyl (C=O) groups is 2. The molecular weight excluding hydrogens is 266 g/mol. The highest BCUT2D eigenvalue weighted by Gasteiger charge is 2.03. The molecule has 2 amide bonds. The summed E-state index contributed by atoms with van der Waals surface area (Å²) in [6, 6.07) is 5.91. The first-order chi connectivity index (χ1) is 10.1. The molecule has 0 unspecified atom stereocenters. The number of hydrogen-bond acceptors (Lipinski definition) is 3. The summed E-state index contributed by atoms with van der Waals surface area (Å²) in [5, 5.41) is 0.